The third kappa shape index (κ3) is 30.2. The maximum atomic E-state index is 14.4. The SMILES string of the molecule is CNC(=O)[C@H](CCCNC(N)=O)CC(=O)[C@@H](NC(=O)[C@@H](CCCCNC(=O)COC1CCCCCc2c1nnn2CC1OC2OC3C(CO)OC(OC4C(CO)OC(OC5C(CO)OC(OC6C(CO)OC(OC7C(CO)OC(OC1C(O)C2O)C(O)C7O)C(O)C6O)C(O)C5O)C(O)C4O)C(O)C3O)CC(=O)CCOCCOCCOCCOCCCC(=O)OC[C@@H]1[C@@H]2CCc3nnn(C)c3CC[C@@H]21)C(C)C. The molecule has 2 aromatic rings. The van der Waals surface area contributed by atoms with E-state index in [1.807, 2.05) is 11.7 Å². The number of fused-ring (bicyclic) bond motifs is 3. The highest BCUT2D eigenvalue weighted by atomic mass is 16.8. The fourth-order valence-electron chi connectivity index (χ4n) is 19.9. The highest BCUT2D eigenvalue weighted by Gasteiger charge is 2.60. The number of aromatic nitrogens is 6. The van der Waals surface area contributed by atoms with Crippen LogP contribution in [0.2, 0.25) is 0 Å². The van der Waals surface area contributed by atoms with Gasteiger partial charge in [-0.05, 0) is 101 Å². The van der Waals surface area contributed by atoms with Gasteiger partial charge in [0, 0.05) is 71.3 Å². The minimum absolute atomic E-state index is 0.00232. The van der Waals surface area contributed by atoms with Crippen LogP contribution in [0.4, 0.5) is 4.79 Å². The fraction of sp³-hybridized carbons (Fsp3) is 0.878. The number of carbonyl (C=O) groups excluding carboxylic acids is 7. The Morgan fingerprint density at radius 3 is 1.36 bits per heavy atom. The number of aryl methyl sites for hydroxylation is 2. The molecular formula is C90H147N11O42. The molecule has 37 atom stereocenters. The van der Waals surface area contributed by atoms with Crippen molar-refractivity contribution in [2.75, 3.05) is 119 Å². The summed E-state index contributed by atoms with van der Waals surface area (Å²) < 4.78 is 109. The van der Waals surface area contributed by atoms with Gasteiger partial charge in [-0.3, -0.25) is 33.4 Å². The Bertz CT molecular complexity index is 4260. The second-order valence-corrected chi connectivity index (χ2v) is 38.3. The fourth-order valence-corrected chi connectivity index (χ4v) is 19.9. The number of nitrogens with two attached hydrogens (primary N) is 1. The van der Waals surface area contributed by atoms with Gasteiger partial charge in [-0.2, -0.15) is 0 Å². The number of hydrogen-bond donors (Lipinski definition) is 22. The van der Waals surface area contributed by atoms with Crippen LogP contribution in [0.25, 0.3) is 0 Å². The molecule has 53 nitrogen and oxygen atoms in total. The number of rotatable bonds is 46. The minimum Gasteiger partial charge on any atom is -0.465 e. The lowest BCUT2D eigenvalue weighted by Crippen LogP contribution is -2.69. The van der Waals surface area contributed by atoms with Gasteiger partial charge in [0.05, 0.1) is 116 Å². The number of Topliss-reactive ketones (excluding diaryl/α,β-unsaturated/α-hetero) is 2. The zero-order valence-electron chi connectivity index (χ0n) is 80.7. The number of amides is 5. The third-order valence-electron chi connectivity index (χ3n) is 28.1. The van der Waals surface area contributed by atoms with Gasteiger partial charge in [-0.1, -0.05) is 43.5 Å². The van der Waals surface area contributed by atoms with Crippen LogP contribution in [0.3, 0.4) is 0 Å². The highest BCUT2D eigenvalue weighted by molar-refractivity contribution is 5.94. The van der Waals surface area contributed by atoms with Crippen molar-refractivity contribution in [2.45, 2.75) is 339 Å². The molecule has 0 aromatic carbocycles. The van der Waals surface area contributed by atoms with Crippen LogP contribution in [0.15, 0.2) is 0 Å². The van der Waals surface area contributed by atoms with Gasteiger partial charge >= 0.3 is 12.0 Å². The molecular weight excluding hydrogens is 1910 g/mol. The first-order chi connectivity index (χ1) is 68.7. The summed E-state index contributed by atoms with van der Waals surface area (Å²) in [5.74, 6) is -3.31. The number of aliphatic hydroxyl groups excluding tert-OH is 17. The highest BCUT2D eigenvalue weighted by Crippen LogP contribution is 2.53. The third-order valence-corrected chi connectivity index (χ3v) is 28.1. The van der Waals surface area contributed by atoms with Crippen LogP contribution < -0.4 is 27.0 Å². The molecule has 814 valence electrons. The molecule has 12 bridgehead atoms. The molecule has 3 aliphatic carbocycles. The number of urea groups is 1. The standard InChI is InChI=1S/C90H147N11O42/c1-42(2)62(52(108)33-44(82(123)92-3)13-10-23-94-90(91)125)95-83(124)43(32-45(107)21-25-127-27-29-129-31-30-128-28-26-126-24-11-16-61(110)131-40-48-46-17-19-49-50(20-18-47(46)48)100(4)98-96-49)12-8-9-22-93-60(109)41-130-53-15-7-5-6-14-51-63(53)97-99-101(51)34-54-76-64(111)70(117)84(132-54)139-77-55(35-102)134-86(72(119)66(77)113)141-79-57(37-104)136-88(74(121)68(79)115)143-81-59(39-106)137-89(75(122)69(81)116)142-80-58(38-105)135-87(73(120)67(80)114)140-78-56(36-103)133-85(138-76)71(118)65(78)112/h42-44,46-48,53-59,62,64-81,84-89,102-106,111-122H,5-41H2,1-4H3,(H,92,123)(H,93,109)(H,95,124)(H3,91,94,125)/t43-,44+,46+,47-,48+,53?,54?,55?,56?,57?,58?,59?,62-,64?,65?,66?,67?,68?,69?,70?,71?,72?,73?,74?,75?,76?,77?,78?,79?,80?,81?,84?,85?,86?,87?,88?,89?/m0/s1. The van der Waals surface area contributed by atoms with Crippen molar-refractivity contribution in [3.8, 4) is 0 Å². The summed E-state index contributed by atoms with van der Waals surface area (Å²) in [5.41, 5.74) is 8.13. The summed E-state index contributed by atoms with van der Waals surface area (Å²) in [5, 5.41) is 223. The number of nitrogens with one attached hydrogen (secondary N) is 4. The van der Waals surface area contributed by atoms with E-state index in [1.165, 1.54) is 17.4 Å². The maximum absolute atomic E-state index is 14.4. The smallest absolute Gasteiger partial charge is 0.312 e. The lowest BCUT2D eigenvalue weighted by molar-refractivity contribution is -0.403. The number of primary amides is 1. The monoisotopic (exact) mass is 2050 g/mol. The number of nitrogens with zero attached hydrogens (tertiary/aromatic N) is 6. The summed E-state index contributed by atoms with van der Waals surface area (Å²) in [4.78, 5) is 93.1. The van der Waals surface area contributed by atoms with Crippen molar-refractivity contribution in [3.63, 3.8) is 0 Å². The van der Waals surface area contributed by atoms with Gasteiger partial charge in [0.1, 0.15) is 171 Å². The van der Waals surface area contributed by atoms with E-state index < -0.39 is 290 Å². The van der Waals surface area contributed by atoms with Gasteiger partial charge in [-0.15, -0.1) is 10.2 Å². The Morgan fingerprint density at radius 1 is 0.455 bits per heavy atom. The van der Waals surface area contributed by atoms with E-state index in [0.29, 0.717) is 101 Å². The minimum atomic E-state index is -2.28. The van der Waals surface area contributed by atoms with E-state index in [2.05, 4.69) is 41.9 Å². The van der Waals surface area contributed by atoms with Crippen molar-refractivity contribution in [2.24, 2.45) is 48.3 Å². The van der Waals surface area contributed by atoms with Crippen molar-refractivity contribution in [3.05, 3.63) is 22.8 Å². The van der Waals surface area contributed by atoms with Gasteiger partial charge in [0.15, 0.2) is 43.5 Å². The molecule has 25 aliphatic rings. The van der Waals surface area contributed by atoms with Crippen LogP contribution in [0.5, 0.6) is 0 Å². The Labute approximate surface area is 824 Å². The second-order valence-electron chi connectivity index (χ2n) is 38.3. The molecule has 22 saturated heterocycles. The molecule has 1 saturated carbocycles. The predicted molar refractivity (Wildman–Crippen MR) is 477 cm³/mol. The molecule has 2 aromatic heterocycles. The van der Waals surface area contributed by atoms with Gasteiger partial charge in [0.2, 0.25) is 17.7 Å². The number of aliphatic hydroxyl groups is 17. The normalized spacial score (nSPS) is 36.0. The van der Waals surface area contributed by atoms with E-state index in [1.54, 1.807) is 13.8 Å². The van der Waals surface area contributed by atoms with Crippen LogP contribution in [-0.4, -0.2) is 468 Å². The predicted octanol–water partition coefficient (Wildman–Crippen LogP) is -9.46. The van der Waals surface area contributed by atoms with Gasteiger partial charge < -0.3 is 199 Å². The first-order valence-corrected chi connectivity index (χ1v) is 49.5. The number of unbranched alkanes of at least 4 members (excludes halogenated alkanes) is 1. The first kappa shape index (κ1) is 115. The summed E-state index contributed by atoms with van der Waals surface area (Å²) >= 11 is 0. The van der Waals surface area contributed by atoms with E-state index in [9.17, 15) is 120 Å². The van der Waals surface area contributed by atoms with Crippen LogP contribution in [0, 0.1) is 35.5 Å². The van der Waals surface area contributed by atoms with E-state index in [4.69, 9.17) is 91.0 Å². The average molecular weight is 2060 g/mol. The van der Waals surface area contributed by atoms with Gasteiger partial charge in [0.25, 0.3) is 0 Å². The van der Waals surface area contributed by atoms with Crippen molar-refractivity contribution >= 4 is 41.3 Å². The van der Waals surface area contributed by atoms with Crippen molar-refractivity contribution in [1.29, 1.82) is 0 Å². The number of ketones is 2. The Hall–Kier alpha value is -6.59. The number of hydrogen-bond acceptors (Lipinski definition) is 46. The van der Waals surface area contributed by atoms with E-state index >= 15 is 0 Å². The zero-order chi connectivity index (χ0) is 103. The summed E-state index contributed by atoms with van der Waals surface area (Å²) in [6, 6.07) is -1.83. The molecule has 24 heterocycles. The molecule has 5 amide bonds. The lowest BCUT2D eigenvalue weighted by atomic mass is 9.88. The van der Waals surface area contributed by atoms with Gasteiger partial charge in [-0.25, -0.2) is 9.48 Å². The number of carbonyl (C=O) groups is 7. The van der Waals surface area contributed by atoms with Crippen molar-refractivity contribution < 1.29 is 206 Å². The Morgan fingerprint density at radius 2 is 0.895 bits per heavy atom. The second kappa shape index (κ2) is 55.8. The average Bonchev–Trinajstić information content (AvgIpc) is 1.69. The van der Waals surface area contributed by atoms with Crippen molar-refractivity contribution in [1.82, 2.24) is 51.3 Å². The Kier molecular flexibility index (Phi) is 44.9. The Balaban J connectivity index is 0.657. The van der Waals surface area contributed by atoms with Crippen LogP contribution in [0.1, 0.15) is 145 Å². The molecule has 22 aliphatic heterocycles. The first-order valence-electron chi connectivity index (χ1n) is 49.5. The van der Waals surface area contributed by atoms with E-state index in [-0.39, 0.29) is 109 Å². The summed E-state index contributed by atoms with van der Waals surface area (Å²) in [6.45, 7) is -0.394. The maximum Gasteiger partial charge on any atom is 0.312 e. The molecule has 53 heteroatoms. The molecule has 27 rings (SSSR count). The van der Waals surface area contributed by atoms with E-state index in [0.717, 1.165) is 31.4 Å². The molecule has 23 N–H and O–H groups in total. The largest absolute Gasteiger partial charge is 0.465 e. The number of ether oxygens (including phenoxy) is 18. The lowest BCUT2D eigenvalue weighted by Gasteiger charge is -2.50. The molecule has 0 radical (unpaired) electrons. The molecule has 23 fully saturated rings. The van der Waals surface area contributed by atoms with Crippen LogP contribution in [-0.2, 0) is 147 Å². The summed E-state index contributed by atoms with van der Waals surface area (Å²) in [7, 11) is 3.35. The molecule has 0 spiro atoms. The molecule has 31 unspecified atom stereocenters. The quantitative estimate of drug-likeness (QED) is 0.0216. The zero-order valence-corrected chi connectivity index (χ0v) is 80.7. The topological polar surface area (TPSA) is 765 Å². The summed E-state index contributed by atoms with van der Waals surface area (Å²) in [6.07, 6.45) is -54.6. The molecule has 143 heavy (non-hydrogen) atoms. The number of esters is 1. The van der Waals surface area contributed by atoms with Crippen LogP contribution >= 0.6 is 0 Å².